The molecule has 1 aromatic carbocycles. The highest BCUT2D eigenvalue weighted by Crippen LogP contribution is 2.28. The van der Waals surface area contributed by atoms with Crippen LogP contribution >= 0.6 is 0 Å². The van der Waals surface area contributed by atoms with Crippen molar-refractivity contribution in [3.8, 4) is 0 Å². The van der Waals surface area contributed by atoms with Gasteiger partial charge in [-0.2, -0.15) is 0 Å². The van der Waals surface area contributed by atoms with Gasteiger partial charge in [-0.05, 0) is 32.3 Å². The number of rotatable bonds is 4. The Labute approximate surface area is 99.0 Å². The standard InChI is InChI=1S/C12H14N2O3/c1-8(15)11-7-10(14(16)17)5-6-12(11)13-9-3-2-4-9/h5-7,9,13H,2-4H2,1H3. The van der Waals surface area contributed by atoms with E-state index in [1.165, 1.54) is 25.5 Å². The van der Waals surface area contributed by atoms with E-state index in [0.29, 0.717) is 17.3 Å². The second-order valence-corrected chi connectivity index (χ2v) is 4.32. The molecule has 0 bridgehead atoms. The molecule has 0 unspecified atom stereocenters. The molecule has 1 saturated carbocycles. The van der Waals surface area contributed by atoms with Gasteiger partial charge in [0.15, 0.2) is 5.78 Å². The SMILES string of the molecule is CC(=O)c1cc([N+](=O)[O-])ccc1NC1CCC1. The zero-order valence-electron chi connectivity index (χ0n) is 9.60. The molecule has 0 heterocycles. The normalized spacial score (nSPS) is 15.1. The lowest BCUT2D eigenvalue weighted by Gasteiger charge is -2.28. The van der Waals surface area contributed by atoms with Crippen molar-refractivity contribution < 1.29 is 9.72 Å². The van der Waals surface area contributed by atoms with E-state index in [-0.39, 0.29) is 11.5 Å². The number of hydrogen-bond donors (Lipinski definition) is 1. The molecule has 0 radical (unpaired) electrons. The van der Waals surface area contributed by atoms with Gasteiger partial charge in [-0.15, -0.1) is 0 Å². The van der Waals surface area contributed by atoms with E-state index in [4.69, 9.17) is 0 Å². The number of nitro benzene ring substituents is 1. The summed E-state index contributed by atoms with van der Waals surface area (Å²) in [4.78, 5) is 21.6. The monoisotopic (exact) mass is 234 g/mol. The topological polar surface area (TPSA) is 72.2 Å². The molecule has 0 aliphatic heterocycles. The van der Waals surface area contributed by atoms with Crippen LogP contribution in [0.4, 0.5) is 11.4 Å². The number of ketones is 1. The van der Waals surface area contributed by atoms with Gasteiger partial charge >= 0.3 is 0 Å². The summed E-state index contributed by atoms with van der Waals surface area (Å²) >= 11 is 0. The lowest BCUT2D eigenvalue weighted by Crippen LogP contribution is -2.27. The maximum Gasteiger partial charge on any atom is 0.270 e. The van der Waals surface area contributed by atoms with Crippen molar-refractivity contribution in [2.75, 3.05) is 5.32 Å². The quantitative estimate of drug-likeness (QED) is 0.494. The van der Waals surface area contributed by atoms with Gasteiger partial charge in [-0.3, -0.25) is 14.9 Å². The third kappa shape index (κ3) is 2.43. The van der Waals surface area contributed by atoms with E-state index in [9.17, 15) is 14.9 Å². The van der Waals surface area contributed by atoms with Gasteiger partial charge in [0.1, 0.15) is 0 Å². The van der Waals surface area contributed by atoms with Crippen LogP contribution in [0.25, 0.3) is 0 Å². The first-order chi connectivity index (χ1) is 8.08. The Morgan fingerprint density at radius 3 is 2.65 bits per heavy atom. The smallest absolute Gasteiger partial charge is 0.270 e. The van der Waals surface area contributed by atoms with Crippen LogP contribution in [0.1, 0.15) is 36.5 Å². The Hall–Kier alpha value is -1.91. The van der Waals surface area contributed by atoms with E-state index in [1.807, 2.05) is 0 Å². The number of nitrogens with zero attached hydrogens (tertiary/aromatic N) is 1. The van der Waals surface area contributed by atoms with E-state index in [1.54, 1.807) is 6.07 Å². The number of hydrogen-bond acceptors (Lipinski definition) is 4. The summed E-state index contributed by atoms with van der Waals surface area (Å²) in [5.74, 6) is -0.157. The molecule has 90 valence electrons. The van der Waals surface area contributed by atoms with Crippen molar-refractivity contribution in [3.63, 3.8) is 0 Å². The first-order valence-electron chi connectivity index (χ1n) is 5.64. The number of anilines is 1. The van der Waals surface area contributed by atoms with Crippen LogP contribution in [0.3, 0.4) is 0 Å². The van der Waals surface area contributed by atoms with Crippen molar-refractivity contribution in [1.82, 2.24) is 0 Å². The van der Waals surface area contributed by atoms with E-state index in [2.05, 4.69) is 5.32 Å². The van der Waals surface area contributed by atoms with Crippen LogP contribution in [-0.4, -0.2) is 16.7 Å². The number of benzene rings is 1. The second kappa shape index (κ2) is 4.53. The van der Waals surface area contributed by atoms with Gasteiger partial charge in [0, 0.05) is 29.4 Å². The second-order valence-electron chi connectivity index (χ2n) is 4.32. The molecule has 1 N–H and O–H groups in total. The summed E-state index contributed by atoms with van der Waals surface area (Å²) < 4.78 is 0. The Bertz CT molecular complexity index is 467. The van der Waals surface area contributed by atoms with Crippen molar-refractivity contribution in [3.05, 3.63) is 33.9 Å². The van der Waals surface area contributed by atoms with Crippen molar-refractivity contribution in [2.45, 2.75) is 32.2 Å². The zero-order valence-corrected chi connectivity index (χ0v) is 9.60. The Kier molecular flexibility index (Phi) is 3.08. The maximum absolute atomic E-state index is 11.5. The van der Waals surface area contributed by atoms with Crippen molar-refractivity contribution in [1.29, 1.82) is 0 Å². The van der Waals surface area contributed by atoms with E-state index in [0.717, 1.165) is 12.8 Å². The maximum atomic E-state index is 11.5. The fraction of sp³-hybridized carbons (Fsp3) is 0.417. The molecule has 1 fully saturated rings. The third-order valence-corrected chi connectivity index (χ3v) is 3.06. The predicted molar refractivity (Wildman–Crippen MR) is 64.4 cm³/mol. The molecule has 1 aromatic rings. The van der Waals surface area contributed by atoms with Gasteiger partial charge in [0.2, 0.25) is 0 Å². The van der Waals surface area contributed by atoms with Gasteiger partial charge in [0.05, 0.1) is 4.92 Å². The molecule has 0 spiro atoms. The molecule has 5 heteroatoms. The lowest BCUT2D eigenvalue weighted by atomic mass is 9.92. The number of carbonyl (C=O) groups excluding carboxylic acids is 1. The first kappa shape index (κ1) is 11.6. The van der Waals surface area contributed by atoms with Gasteiger partial charge in [-0.1, -0.05) is 0 Å². The molecule has 5 nitrogen and oxygen atoms in total. The average Bonchev–Trinajstić information content (AvgIpc) is 2.23. The molecular weight excluding hydrogens is 220 g/mol. The van der Waals surface area contributed by atoms with Crippen LogP contribution in [-0.2, 0) is 0 Å². The highest BCUT2D eigenvalue weighted by Gasteiger charge is 2.20. The number of Topliss-reactive ketones (excluding diaryl/α,β-unsaturated/α-hetero) is 1. The molecule has 1 aliphatic carbocycles. The largest absolute Gasteiger partial charge is 0.382 e. The third-order valence-electron chi connectivity index (χ3n) is 3.06. The Balaban J connectivity index is 2.30. The van der Waals surface area contributed by atoms with E-state index >= 15 is 0 Å². The predicted octanol–water partition coefficient (Wildman–Crippen LogP) is 2.76. The fourth-order valence-corrected chi connectivity index (χ4v) is 1.84. The Morgan fingerprint density at radius 1 is 1.47 bits per heavy atom. The van der Waals surface area contributed by atoms with Crippen LogP contribution in [0.15, 0.2) is 18.2 Å². The van der Waals surface area contributed by atoms with Crippen LogP contribution < -0.4 is 5.32 Å². The summed E-state index contributed by atoms with van der Waals surface area (Å²) in [7, 11) is 0. The van der Waals surface area contributed by atoms with Crippen LogP contribution in [0, 0.1) is 10.1 Å². The molecule has 1 aliphatic rings. The number of nitrogens with one attached hydrogen (secondary N) is 1. The minimum absolute atomic E-state index is 0.0469. The Morgan fingerprint density at radius 2 is 2.18 bits per heavy atom. The zero-order chi connectivity index (χ0) is 12.4. The van der Waals surface area contributed by atoms with Crippen LogP contribution in [0.2, 0.25) is 0 Å². The van der Waals surface area contributed by atoms with Crippen LogP contribution in [0.5, 0.6) is 0 Å². The molecule has 0 atom stereocenters. The summed E-state index contributed by atoms with van der Waals surface area (Å²) in [6.45, 7) is 1.42. The van der Waals surface area contributed by atoms with E-state index < -0.39 is 4.92 Å². The summed E-state index contributed by atoms with van der Waals surface area (Å²) in [5.41, 5.74) is 1.05. The molecule has 0 aromatic heterocycles. The molecular formula is C12H14N2O3. The van der Waals surface area contributed by atoms with Crippen molar-refractivity contribution in [2.24, 2.45) is 0 Å². The minimum Gasteiger partial charge on any atom is -0.382 e. The van der Waals surface area contributed by atoms with Crippen molar-refractivity contribution >= 4 is 17.2 Å². The first-order valence-corrected chi connectivity index (χ1v) is 5.64. The summed E-state index contributed by atoms with van der Waals surface area (Å²) in [6, 6.07) is 4.78. The molecule has 2 rings (SSSR count). The molecule has 0 amide bonds. The number of nitro groups is 1. The summed E-state index contributed by atoms with van der Waals surface area (Å²) in [6.07, 6.45) is 3.38. The summed E-state index contributed by atoms with van der Waals surface area (Å²) in [5, 5.41) is 13.9. The van der Waals surface area contributed by atoms with Gasteiger partial charge in [0.25, 0.3) is 5.69 Å². The molecule has 0 saturated heterocycles. The highest BCUT2D eigenvalue weighted by molar-refractivity contribution is 6.00. The highest BCUT2D eigenvalue weighted by atomic mass is 16.6. The van der Waals surface area contributed by atoms with Gasteiger partial charge < -0.3 is 5.32 Å². The number of non-ortho nitro benzene ring substituents is 1. The minimum atomic E-state index is -0.487. The fourth-order valence-electron chi connectivity index (χ4n) is 1.84. The molecule has 17 heavy (non-hydrogen) atoms. The van der Waals surface area contributed by atoms with Gasteiger partial charge in [-0.25, -0.2) is 0 Å². The number of carbonyl (C=O) groups is 1. The average molecular weight is 234 g/mol. The lowest BCUT2D eigenvalue weighted by molar-refractivity contribution is -0.384.